The minimum Gasteiger partial charge on any atom is -0.297 e. The first-order valence-electron chi connectivity index (χ1n) is 6.21. The Kier molecular flexibility index (Phi) is 4.05. The number of aromatic nitrogens is 1. The molecule has 1 amide bonds. The largest absolute Gasteiger partial charge is 0.297 e. The molecule has 2 heterocycles. The Balaban J connectivity index is 1.78. The zero-order valence-electron chi connectivity index (χ0n) is 11.1. The number of halogens is 1. The number of nitrogens with one attached hydrogen (secondary N) is 1. The van der Waals surface area contributed by atoms with Crippen molar-refractivity contribution in [2.45, 2.75) is 6.92 Å². The maximum Gasteiger partial charge on any atom is 0.267 e. The Bertz CT molecular complexity index is 777. The van der Waals surface area contributed by atoms with Crippen LogP contribution in [-0.4, -0.2) is 10.9 Å². The Morgan fingerprint density at radius 1 is 1.19 bits per heavy atom. The van der Waals surface area contributed by atoms with Crippen LogP contribution >= 0.6 is 34.3 Å². The smallest absolute Gasteiger partial charge is 0.267 e. The number of hydrogen-bond acceptors (Lipinski definition) is 4. The van der Waals surface area contributed by atoms with Gasteiger partial charge in [0.15, 0.2) is 5.13 Å². The van der Waals surface area contributed by atoms with Crippen molar-refractivity contribution in [3.63, 3.8) is 0 Å². The summed E-state index contributed by atoms with van der Waals surface area (Å²) in [6.45, 7) is 1.90. The summed E-state index contributed by atoms with van der Waals surface area (Å²) in [6.07, 6.45) is 0. The molecule has 1 N–H and O–H groups in total. The molecule has 3 rings (SSSR count). The van der Waals surface area contributed by atoms with E-state index in [0.29, 0.717) is 15.0 Å². The first kappa shape index (κ1) is 14.3. The molecule has 3 nitrogen and oxygen atoms in total. The summed E-state index contributed by atoms with van der Waals surface area (Å²) in [5, 5.41) is 6.04. The number of carbonyl (C=O) groups excluding carboxylic acids is 1. The van der Waals surface area contributed by atoms with E-state index in [2.05, 4.69) is 10.3 Å². The van der Waals surface area contributed by atoms with Crippen molar-refractivity contribution in [2.75, 3.05) is 5.32 Å². The fraction of sp³-hybridized carbons (Fsp3) is 0.0667. The van der Waals surface area contributed by atoms with Gasteiger partial charge in [0.2, 0.25) is 0 Å². The average Bonchev–Trinajstić information content (AvgIpc) is 3.09. The predicted octanol–water partition coefficient (Wildman–Crippen LogP) is 5.09. The molecule has 0 unspecified atom stereocenters. The summed E-state index contributed by atoms with van der Waals surface area (Å²) < 4.78 is 0. The minimum absolute atomic E-state index is 0.130. The molecule has 2 aromatic heterocycles. The molecule has 0 bridgehead atoms. The Morgan fingerprint density at radius 2 is 1.95 bits per heavy atom. The van der Waals surface area contributed by atoms with Gasteiger partial charge in [0.1, 0.15) is 0 Å². The van der Waals surface area contributed by atoms with Crippen LogP contribution < -0.4 is 5.32 Å². The van der Waals surface area contributed by atoms with Crippen molar-refractivity contribution >= 4 is 45.3 Å². The van der Waals surface area contributed by atoms with Crippen molar-refractivity contribution in [1.29, 1.82) is 0 Å². The van der Waals surface area contributed by atoms with Crippen LogP contribution in [-0.2, 0) is 0 Å². The van der Waals surface area contributed by atoms with Crippen LogP contribution in [0.1, 0.15) is 15.4 Å². The fourth-order valence-electron chi connectivity index (χ4n) is 1.80. The second-order valence-corrected chi connectivity index (χ2v) is 6.80. The Morgan fingerprint density at radius 3 is 2.62 bits per heavy atom. The quantitative estimate of drug-likeness (QED) is 0.725. The molecule has 106 valence electrons. The van der Waals surface area contributed by atoms with Crippen LogP contribution in [0.5, 0.6) is 0 Å². The van der Waals surface area contributed by atoms with Crippen molar-refractivity contribution in [2.24, 2.45) is 0 Å². The van der Waals surface area contributed by atoms with Gasteiger partial charge in [-0.1, -0.05) is 23.7 Å². The molecule has 1 aromatic carbocycles. The highest BCUT2D eigenvalue weighted by molar-refractivity contribution is 7.17. The lowest BCUT2D eigenvalue weighted by Crippen LogP contribution is -2.09. The highest BCUT2D eigenvalue weighted by atomic mass is 35.5. The second-order valence-electron chi connectivity index (χ2n) is 4.42. The van der Waals surface area contributed by atoms with Crippen molar-refractivity contribution in [3.05, 3.63) is 57.4 Å². The van der Waals surface area contributed by atoms with Crippen LogP contribution in [0.2, 0.25) is 5.02 Å². The number of rotatable bonds is 3. The van der Waals surface area contributed by atoms with Gasteiger partial charge in [0.05, 0.1) is 10.6 Å². The fourth-order valence-corrected chi connectivity index (χ4v) is 3.52. The molecular weight excluding hydrogens is 324 g/mol. The maximum absolute atomic E-state index is 12.2. The summed E-state index contributed by atoms with van der Waals surface area (Å²) in [6, 6.07) is 11.3. The lowest BCUT2D eigenvalue weighted by molar-refractivity contribution is 0.103. The second kappa shape index (κ2) is 5.97. The summed E-state index contributed by atoms with van der Waals surface area (Å²) in [5.74, 6) is -0.130. The van der Waals surface area contributed by atoms with E-state index in [9.17, 15) is 4.79 Å². The molecule has 21 heavy (non-hydrogen) atoms. The molecule has 0 atom stereocenters. The van der Waals surface area contributed by atoms with Gasteiger partial charge in [0.25, 0.3) is 5.91 Å². The van der Waals surface area contributed by atoms with Crippen LogP contribution in [0.4, 0.5) is 5.13 Å². The number of carbonyl (C=O) groups is 1. The van der Waals surface area contributed by atoms with E-state index in [0.717, 1.165) is 16.1 Å². The molecule has 0 spiro atoms. The van der Waals surface area contributed by atoms with Gasteiger partial charge in [-0.05, 0) is 36.8 Å². The molecule has 0 aliphatic heterocycles. The van der Waals surface area contributed by atoms with E-state index in [1.165, 1.54) is 22.7 Å². The zero-order chi connectivity index (χ0) is 14.8. The van der Waals surface area contributed by atoms with E-state index < -0.39 is 0 Å². The summed E-state index contributed by atoms with van der Waals surface area (Å²) in [5.41, 5.74) is 1.96. The number of thiophene rings is 1. The predicted molar refractivity (Wildman–Crippen MR) is 89.6 cm³/mol. The lowest BCUT2D eigenvalue weighted by Gasteiger charge is -1.99. The van der Waals surface area contributed by atoms with E-state index in [1.807, 2.05) is 48.7 Å². The highest BCUT2D eigenvalue weighted by Crippen LogP contribution is 2.29. The molecule has 0 saturated heterocycles. The molecule has 0 aliphatic carbocycles. The van der Waals surface area contributed by atoms with Gasteiger partial charge in [-0.3, -0.25) is 10.1 Å². The van der Waals surface area contributed by atoms with Gasteiger partial charge in [-0.2, -0.15) is 0 Å². The summed E-state index contributed by atoms with van der Waals surface area (Å²) in [7, 11) is 0. The first-order chi connectivity index (χ1) is 10.1. The van der Waals surface area contributed by atoms with Crippen molar-refractivity contribution in [3.8, 4) is 10.4 Å². The molecule has 3 aromatic rings. The number of benzene rings is 1. The molecule has 6 heteroatoms. The third-order valence-corrected chi connectivity index (χ3v) is 5.06. The number of aryl methyl sites for hydroxylation is 1. The lowest BCUT2D eigenvalue weighted by atomic mass is 10.2. The van der Waals surface area contributed by atoms with E-state index >= 15 is 0 Å². The SMILES string of the molecule is Cc1csc(NC(=O)c2ccc(-c3ccc(Cl)cc3)s2)n1. The number of thiazole rings is 1. The Labute approximate surface area is 135 Å². The molecule has 0 radical (unpaired) electrons. The Hall–Kier alpha value is -1.69. The number of amides is 1. The number of nitrogens with zero attached hydrogens (tertiary/aromatic N) is 1. The van der Waals surface area contributed by atoms with Gasteiger partial charge < -0.3 is 0 Å². The van der Waals surface area contributed by atoms with Crippen LogP contribution in [0.15, 0.2) is 41.8 Å². The standard InChI is InChI=1S/C15H11ClN2OS2/c1-9-8-20-15(17-9)18-14(19)13-7-6-12(21-13)10-2-4-11(16)5-3-10/h2-8H,1H3,(H,17,18,19). The van der Waals surface area contributed by atoms with Crippen LogP contribution in [0.3, 0.4) is 0 Å². The molecule has 0 fully saturated rings. The van der Waals surface area contributed by atoms with E-state index in [1.54, 1.807) is 0 Å². The molecule has 0 saturated carbocycles. The average molecular weight is 335 g/mol. The number of hydrogen-bond donors (Lipinski definition) is 1. The first-order valence-corrected chi connectivity index (χ1v) is 8.28. The van der Waals surface area contributed by atoms with Crippen molar-refractivity contribution in [1.82, 2.24) is 4.98 Å². The normalized spacial score (nSPS) is 10.6. The summed E-state index contributed by atoms with van der Waals surface area (Å²) in [4.78, 5) is 18.1. The minimum atomic E-state index is -0.130. The van der Waals surface area contributed by atoms with Crippen LogP contribution in [0.25, 0.3) is 10.4 Å². The topological polar surface area (TPSA) is 42.0 Å². The zero-order valence-corrected chi connectivity index (χ0v) is 13.5. The summed E-state index contributed by atoms with van der Waals surface area (Å²) >= 11 is 8.75. The molecule has 0 aliphatic rings. The molecular formula is C15H11ClN2OS2. The monoisotopic (exact) mass is 334 g/mol. The third kappa shape index (κ3) is 3.32. The third-order valence-electron chi connectivity index (χ3n) is 2.80. The van der Waals surface area contributed by atoms with E-state index in [-0.39, 0.29) is 5.91 Å². The highest BCUT2D eigenvalue weighted by Gasteiger charge is 2.12. The van der Waals surface area contributed by atoms with Gasteiger partial charge in [0, 0.05) is 15.3 Å². The van der Waals surface area contributed by atoms with Gasteiger partial charge in [-0.25, -0.2) is 4.98 Å². The van der Waals surface area contributed by atoms with Gasteiger partial charge in [-0.15, -0.1) is 22.7 Å². The van der Waals surface area contributed by atoms with E-state index in [4.69, 9.17) is 11.6 Å². The van der Waals surface area contributed by atoms with Gasteiger partial charge >= 0.3 is 0 Å². The van der Waals surface area contributed by atoms with Crippen LogP contribution in [0, 0.1) is 6.92 Å². The maximum atomic E-state index is 12.2. The van der Waals surface area contributed by atoms with Crippen molar-refractivity contribution < 1.29 is 4.79 Å². The number of anilines is 1.